The van der Waals surface area contributed by atoms with Crippen LogP contribution in [0.4, 0.5) is 5.69 Å². The minimum Gasteiger partial charge on any atom is -0.478 e. The highest BCUT2D eigenvalue weighted by atomic mass is 32.1. The lowest BCUT2D eigenvalue weighted by atomic mass is 10.0. The van der Waals surface area contributed by atoms with Crippen molar-refractivity contribution < 1.29 is 19.5 Å². The molecule has 0 saturated carbocycles. The Morgan fingerprint density at radius 1 is 1.00 bits per heavy atom. The molecule has 2 N–H and O–H groups in total. The van der Waals surface area contributed by atoms with E-state index in [1.807, 2.05) is 12.1 Å². The van der Waals surface area contributed by atoms with Crippen LogP contribution in [-0.4, -0.2) is 32.6 Å². The minimum absolute atomic E-state index is 0.0269. The summed E-state index contributed by atoms with van der Waals surface area (Å²) in [6.07, 6.45) is 3.26. The number of hydrogen-bond donors (Lipinski definition) is 2. The van der Waals surface area contributed by atoms with E-state index in [-0.39, 0.29) is 16.2 Å². The number of benzene rings is 2. The Bertz CT molecular complexity index is 1290. The first-order chi connectivity index (χ1) is 15.8. The van der Waals surface area contributed by atoms with Crippen LogP contribution in [0, 0.1) is 0 Å². The second kappa shape index (κ2) is 8.84. The molecule has 8 heteroatoms. The number of rotatable bonds is 5. The molecule has 7 nitrogen and oxygen atoms in total. The summed E-state index contributed by atoms with van der Waals surface area (Å²) in [6.45, 7) is 4.16. The molecule has 1 aliphatic rings. The van der Waals surface area contributed by atoms with Gasteiger partial charge in [-0.15, -0.1) is 0 Å². The number of carbonyl (C=O) groups is 3. The van der Waals surface area contributed by atoms with Crippen molar-refractivity contribution in [2.75, 3.05) is 4.90 Å². The van der Waals surface area contributed by atoms with E-state index in [1.165, 1.54) is 23.1 Å². The number of aromatic carboxylic acids is 1. The Morgan fingerprint density at radius 3 is 2.24 bits per heavy atom. The van der Waals surface area contributed by atoms with Crippen LogP contribution in [0.15, 0.2) is 72.4 Å². The normalized spacial score (nSPS) is 15.3. The summed E-state index contributed by atoms with van der Waals surface area (Å²) in [5, 5.41) is 11.7. The van der Waals surface area contributed by atoms with Gasteiger partial charge in [-0.3, -0.25) is 19.8 Å². The van der Waals surface area contributed by atoms with Gasteiger partial charge in [0, 0.05) is 17.6 Å². The molecule has 2 aromatic carbocycles. The van der Waals surface area contributed by atoms with Crippen LogP contribution >= 0.6 is 12.2 Å². The topological polar surface area (TPSA) is 91.6 Å². The van der Waals surface area contributed by atoms with Crippen molar-refractivity contribution in [3.05, 3.63) is 89.3 Å². The average molecular weight is 460 g/mol. The van der Waals surface area contributed by atoms with Gasteiger partial charge >= 0.3 is 5.97 Å². The molecule has 1 aliphatic heterocycles. The van der Waals surface area contributed by atoms with E-state index >= 15 is 0 Å². The van der Waals surface area contributed by atoms with E-state index < -0.39 is 17.8 Å². The largest absolute Gasteiger partial charge is 0.478 e. The summed E-state index contributed by atoms with van der Waals surface area (Å²) >= 11 is 5.28. The monoisotopic (exact) mass is 459 g/mol. The van der Waals surface area contributed by atoms with Gasteiger partial charge in [0.05, 0.1) is 11.3 Å². The van der Waals surface area contributed by atoms with Crippen LogP contribution in [0.5, 0.6) is 0 Å². The van der Waals surface area contributed by atoms with Crippen molar-refractivity contribution in [2.24, 2.45) is 0 Å². The highest BCUT2D eigenvalue weighted by molar-refractivity contribution is 7.80. The Morgan fingerprint density at radius 2 is 1.64 bits per heavy atom. The Labute approximate surface area is 196 Å². The van der Waals surface area contributed by atoms with Gasteiger partial charge in [0.2, 0.25) is 0 Å². The number of carboxylic acids is 1. The maximum absolute atomic E-state index is 13.3. The zero-order chi connectivity index (χ0) is 23.7. The molecule has 1 fully saturated rings. The van der Waals surface area contributed by atoms with Gasteiger partial charge in [-0.05, 0) is 78.3 Å². The van der Waals surface area contributed by atoms with Gasteiger partial charge in [-0.25, -0.2) is 4.79 Å². The molecular weight excluding hydrogens is 438 g/mol. The number of carboxylic acid groups (broad SMARTS) is 1. The van der Waals surface area contributed by atoms with Crippen LogP contribution in [0.2, 0.25) is 0 Å². The summed E-state index contributed by atoms with van der Waals surface area (Å²) in [4.78, 5) is 38.4. The molecule has 0 bridgehead atoms. The molecule has 2 heterocycles. The van der Waals surface area contributed by atoms with Gasteiger partial charge < -0.3 is 9.67 Å². The number of anilines is 1. The highest BCUT2D eigenvalue weighted by Gasteiger charge is 2.34. The van der Waals surface area contributed by atoms with Gasteiger partial charge in [0.25, 0.3) is 11.8 Å². The Kier molecular flexibility index (Phi) is 5.93. The SMILES string of the molecule is CC(C)c1ccc(N2C(=O)/C(=C/c3cccn3-c3ccc(C(=O)O)cc3)C(=O)NC2=S)cc1. The summed E-state index contributed by atoms with van der Waals surface area (Å²) in [6, 6.07) is 17.3. The fourth-order valence-electron chi connectivity index (χ4n) is 3.56. The Balaban J connectivity index is 1.69. The summed E-state index contributed by atoms with van der Waals surface area (Å²) in [7, 11) is 0. The van der Waals surface area contributed by atoms with Crippen molar-refractivity contribution in [3.63, 3.8) is 0 Å². The quantitative estimate of drug-likeness (QED) is 0.340. The highest BCUT2D eigenvalue weighted by Crippen LogP contribution is 2.25. The van der Waals surface area contributed by atoms with Crippen molar-refractivity contribution in [1.29, 1.82) is 0 Å². The van der Waals surface area contributed by atoms with E-state index in [1.54, 1.807) is 47.2 Å². The van der Waals surface area contributed by atoms with E-state index in [2.05, 4.69) is 19.2 Å². The molecule has 166 valence electrons. The molecule has 3 aromatic rings. The first-order valence-corrected chi connectivity index (χ1v) is 10.7. The molecule has 2 amide bonds. The average Bonchev–Trinajstić information content (AvgIpc) is 3.25. The number of amides is 2. The predicted molar refractivity (Wildman–Crippen MR) is 129 cm³/mol. The molecular formula is C25H21N3O4S. The maximum atomic E-state index is 13.3. The van der Waals surface area contributed by atoms with Crippen molar-refractivity contribution in [1.82, 2.24) is 9.88 Å². The molecule has 0 unspecified atom stereocenters. The number of nitrogens with one attached hydrogen (secondary N) is 1. The van der Waals surface area contributed by atoms with E-state index in [0.717, 1.165) is 5.56 Å². The first-order valence-electron chi connectivity index (χ1n) is 10.3. The Hall–Kier alpha value is -4.04. The number of hydrogen-bond acceptors (Lipinski definition) is 4. The molecule has 33 heavy (non-hydrogen) atoms. The maximum Gasteiger partial charge on any atom is 0.335 e. The second-order valence-corrected chi connectivity index (χ2v) is 8.25. The fourth-order valence-corrected chi connectivity index (χ4v) is 3.84. The third-order valence-electron chi connectivity index (χ3n) is 5.38. The third kappa shape index (κ3) is 4.33. The summed E-state index contributed by atoms with van der Waals surface area (Å²) < 4.78 is 1.76. The second-order valence-electron chi connectivity index (χ2n) is 7.86. The van der Waals surface area contributed by atoms with Gasteiger partial charge in [0.15, 0.2) is 5.11 Å². The number of thiocarbonyl (C=S) groups is 1. The molecule has 1 aromatic heterocycles. The summed E-state index contributed by atoms with van der Waals surface area (Å²) in [5.74, 6) is -1.77. The molecule has 1 saturated heterocycles. The van der Waals surface area contributed by atoms with Crippen LogP contribution in [0.3, 0.4) is 0 Å². The molecule has 0 aliphatic carbocycles. The van der Waals surface area contributed by atoms with Gasteiger partial charge in [-0.2, -0.15) is 0 Å². The summed E-state index contributed by atoms with van der Waals surface area (Å²) in [5.41, 5.74) is 3.08. The van der Waals surface area contributed by atoms with Crippen LogP contribution in [-0.2, 0) is 9.59 Å². The third-order valence-corrected chi connectivity index (χ3v) is 5.67. The lowest BCUT2D eigenvalue weighted by molar-refractivity contribution is -0.122. The number of carbonyl (C=O) groups excluding carboxylic acids is 2. The van der Waals surface area contributed by atoms with Crippen LogP contribution < -0.4 is 10.2 Å². The molecule has 0 radical (unpaired) electrons. The standard InChI is InChI=1S/C25H21N3O4S/c1-15(2)16-5-11-19(12-6-16)28-23(30)21(22(29)26-25(28)33)14-20-4-3-13-27(20)18-9-7-17(8-10-18)24(31)32/h3-15H,1-2H3,(H,31,32)(H,26,29,33)/b21-14+. The first kappa shape index (κ1) is 22.2. The van der Waals surface area contributed by atoms with Gasteiger partial charge in [-0.1, -0.05) is 26.0 Å². The zero-order valence-electron chi connectivity index (χ0n) is 18.0. The van der Waals surface area contributed by atoms with Gasteiger partial charge in [0.1, 0.15) is 5.57 Å². The number of nitrogens with zero attached hydrogens (tertiary/aromatic N) is 2. The van der Waals surface area contributed by atoms with Crippen molar-refractivity contribution >= 4 is 46.9 Å². The zero-order valence-corrected chi connectivity index (χ0v) is 18.8. The fraction of sp³-hybridized carbons (Fsp3) is 0.120. The molecule has 4 rings (SSSR count). The van der Waals surface area contributed by atoms with Crippen LogP contribution in [0.1, 0.15) is 41.4 Å². The van der Waals surface area contributed by atoms with Crippen molar-refractivity contribution in [2.45, 2.75) is 19.8 Å². The smallest absolute Gasteiger partial charge is 0.335 e. The van der Waals surface area contributed by atoms with E-state index in [4.69, 9.17) is 17.3 Å². The van der Waals surface area contributed by atoms with E-state index in [9.17, 15) is 14.4 Å². The molecule has 0 spiro atoms. The number of aromatic nitrogens is 1. The van der Waals surface area contributed by atoms with Crippen molar-refractivity contribution in [3.8, 4) is 5.69 Å². The molecule has 0 atom stereocenters. The lowest BCUT2D eigenvalue weighted by Crippen LogP contribution is -2.54. The predicted octanol–water partition coefficient (Wildman–Crippen LogP) is 4.13. The van der Waals surface area contributed by atoms with E-state index in [0.29, 0.717) is 23.0 Å². The minimum atomic E-state index is -1.02. The lowest BCUT2D eigenvalue weighted by Gasteiger charge is -2.29. The van der Waals surface area contributed by atoms with Crippen LogP contribution in [0.25, 0.3) is 11.8 Å².